The molecule has 0 radical (unpaired) electrons. The Bertz CT molecular complexity index is 836. The lowest BCUT2D eigenvalue weighted by atomic mass is 10.1. The molecule has 3 rings (SSSR count). The van der Waals surface area contributed by atoms with Crippen molar-refractivity contribution in [2.24, 2.45) is 13.0 Å². The summed E-state index contributed by atoms with van der Waals surface area (Å²) in [7, 11) is -0.991. The predicted octanol–water partition coefficient (Wildman–Crippen LogP) is 2.78. The van der Waals surface area contributed by atoms with Gasteiger partial charge in [-0.2, -0.15) is 0 Å². The zero-order chi connectivity index (χ0) is 17.3. The van der Waals surface area contributed by atoms with Crippen LogP contribution in [0.5, 0.6) is 0 Å². The van der Waals surface area contributed by atoms with E-state index in [0.29, 0.717) is 12.8 Å². The van der Waals surface area contributed by atoms with Crippen LogP contribution in [0.4, 0.5) is 4.39 Å². The lowest BCUT2D eigenvalue weighted by molar-refractivity contribution is 0.552. The highest BCUT2D eigenvalue weighted by Gasteiger charge is 2.29. The van der Waals surface area contributed by atoms with Crippen molar-refractivity contribution in [3.8, 4) is 0 Å². The SMILES string of the molecule is C[C@H](Sc1nnc(C[C@H]2CCS(=O)(=O)C2)n1C)c1cccc(F)c1. The van der Waals surface area contributed by atoms with E-state index in [2.05, 4.69) is 10.2 Å². The third kappa shape index (κ3) is 3.97. The highest BCUT2D eigenvalue weighted by Crippen LogP contribution is 2.34. The van der Waals surface area contributed by atoms with Crippen LogP contribution >= 0.6 is 11.8 Å². The summed E-state index contributed by atoms with van der Waals surface area (Å²) in [4.78, 5) is 0. The molecule has 0 unspecified atom stereocenters. The maximum absolute atomic E-state index is 13.3. The molecular weight excluding hydrogens is 349 g/mol. The normalized spacial score (nSPS) is 21.0. The van der Waals surface area contributed by atoms with Crippen molar-refractivity contribution in [2.75, 3.05) is 11.5 Å². The number of thioether (sulfide) groups is 1. The molecule has 2 aromatic rings. The Morgan fingerprint density at radius 2 is 2.21 bits per heavy atom. The predicted molar refractivity (Wildman–Crippen MR) is 92.1 cm³/mol. The largest absolute Gasteiger partial charge is 0.309 e. The third-order valence-electron chi connectivity index (χ3n) is 4.32. The maximum Gasteiger partial charge on any atom is 0.191 e. The summed E-state index contributed by atoms with van der Waals surface area (Å²) in [5, 5.41) is 9.23. The highest BCUT2D eigenvalue weighted by molar-refractivity contribution is 7.99. The van der Waals surface area contributed by atoms with Gasteiger partial charge in [-0.3, -0.25) is 0 Å². The van der Waals surface area contributed by atoms with Crippen LogP contribution in [0.25, 0.3) is 0 Å². The van der Waals surface area contributed by atoms with Crippen molar-refractivity contribution in [2.45, 2.75) is 30.2 Å². The minimum atomic E-state index is -2.88. The number of halogens is 1. The summed E-state index contributed by atoms with van der Waals surface area (Å²) in [5.74, 6) is 1.18. The van der Waals surface area contributed by atoms with Crippen LogP contribution in [0.2, 0.25) is 0 Å². The van der Waals surface area contributed by atoms with E-state index in [9.17, 15) is 12.8 Å². The van der Waals surface area contributed by atoms with Crippen molar-refractivity contribution < 1.29 is 12.8 Å². The van der Waals surface area contributed by atoms with Gasteiger partial charge in [-0.25, -0.2) is 12.8 Å². The van der Waals surface area contributed by atoms with E-state index < -0.39 is 9.84 Å². The lowest BCUT2D eigenvalue weighted by Crippen LogP contribution is -2.11. The Morgan fingerprint density at radius 1 is 1.42 bits per heavy atom. The van der Waals surface area contributed by atoms with Crippen LogP contribution < -0.4 is 0 Å². The Hall–Kier alpha value is -1.41. The second-order valence-electron chi connectivity index (χ2n) is 6.25. The number of hydrogen-bond donors (Lipinski definition) is 0. The van der Waals surface area contributed by atoms with Gasteiger partial charge >= 0.3 is 0 Å². The Labute approximate surface area is 145 Å². The van der Waals surface area contributed by atoms with Crippen LogP contribution in [0.3, 0.4) is 0 Å². The van der Waals surface area contributed by atoms with E-state index in [0.717, 1.165) is 16.5 Å². The van der Waals surface area contributed by atoms with E-state index in [-0.39, 0.29) is 28.5 Å². The molecule has 0 saturated carbocycles. The van der Waals surface area contributed by atoms with Gasteiger partial charge in [-0.15, -0.1) is 10.2 Å². The van der Waals surface area contributed by atoms with Crippen molar-refractivity contribution >= 4 is 21.6 Å². The van der Waals surface area contributed by atoms with Crippen LogP contribution in [-0.4, -0.2) is 34.7 Å². The number of sulfone groups is 1. The fraction of sp³-hybridized carbons (Fsp3) is 0.500. The Morgan fingerprint density at radius 3 is 2.88 bits per heavy atom. The molecule has 2 atom stereocenters. The molecule has 130 valence electrons. The van der Waals surface area contributed by atoms with Gasteiger partial charge in [-0.05, 0) is 37.0 Å². The first-order chi connectivity index (χ1) is 11.3. The highest BCUT2D eigenvalue weighted by atomic mass is 32.2. The van der Waals surface area contributed by atoms with E-state index in [1.807, 2.05) is 24.6 Å². The molecule has 5 nitrogen and oxygen atoms in total. The Kier molecular flexibility index (Phi) is 4.96. The molecule has 1 fully saturated rings. The number of benzene rings is 1. The molecule has 2 heterocycles. The zero-order valence-electron chi connectivity index (χ0n) is 13.6. The molecule has 0 aliphatic carbocycles. The minimum absolute atomic E-state index is 0.0447. The number of rotatable bonds is 5. The van der Waals surface area contributed by atoms with Crippen molar-refractivity contribution in [3.63, 3.8) is 0 Å². The van der Waals surface area contributed by atoms with E-state index in [4.69, 9.17) is 0 Å². The molecule has 8 heteroatoms. The zero-order valence-corrected chi connectivity index (χ0v) is 15.3. The second kappa shape index (κ2) is 6.84. The molecule has 1 aromatic heterocycles. The molecule has 0 bridgehead atoms. The third-order valence-corrected chi connectivity index (χ3v) is 7.35. The van der Waals surface area contributed by atoms with Crippen LogP contribution in [0, 0.1) is 11.7 Å². The monoisotopic (exact) mass is 369 g/mol. The van der Waals surface area contributed by atoms with Gasteiger partial charge < -0.3 is 4.57 Å². The topological polar surface area (TPSA) is 64.8 Å². The van der Waals surface area contributed by atoms with Gasteiger partial charge in [0.25, 0.3) is 0 Å². The average Bonchev–Trinajstić information content (AvgIpc) is 3.03. The number of nitrogens with zero attached hydrogens (tertiary/aromatic N) is 3. The van der Waals surface area contributed by atoms with Crippen LogP contribution in [0.1, 0.15) is 30.0 Å². The summed E-state index contributed by atoms with van der Waals surface area (Å²) in [6.45, 7) is 2.00. The van der Waals surface area contributed by atoms with Crippen LogP contribution in [0.15, 0.2) is 29.4 Å². The molecule has 1 aliphatic heterocycles. The summed E-state index contributed by atoms with van der Waals surface area (Å²) < 4.78 is 38.4. The van der Waals surface area contributed by atoms with Crippen molar-refractivity contribution in [3.05, 3.63) is 41.5 Å². The summed E-state index contributed by atoms with van der Waals surface area (Å²) in [6, 6.07) is 6.54. The van der Waals surface area contributed by atoms with E-state index in [1.54, 1.807) is 6.07 Å². The number of aromatic nitrogens is 3. The van der Waals surface area contributed by atoms with Gasteiger partial charge in [0.05, 0.1) is 11.5 Å². The molecule has 1 saturated heterocycles. The molecule has 1 aromatic carbocycles. The Balaban J connectivity index is 1.69. The van der Waals surface area contributed by atoms with E-state index >= 15 is 0 Å². The first-order valence-corrected chi connectivity index (χ1v) is 10.5. The average molecular weight is 369 g/mol. The van der Waals surface area contributed by atoms with Gasteiger partial charge in [0.2, 0.25) is 0 Å². The number of hydrogen-bond acceptors (Lipinski definition) is 5. The van der Waals surface area contributed by atoms with Gasteiger partial charge in [-0.1, -0.05) is 23.9 Å². The van der Waals surface area contributed by atoms with Crippen LogP contribution in [-0.2, 0) is 23.3 Å². The molecule has 1 aliphatic rings. The molecule has 24 heavy (non-hydrogen) atoms. The molecular formula is C16H20FN3O2S2. The second-order valence-corrected chi connectivity index (χ2v) is 9.78. The first kappa shape index (κ1) is 17.4. The molecule has 0 N–H and O–H groups in total. The first-order valence-electron chi connectivity index (χ1n) is 7.85. The summed E-state index contributed by atoms with van der Waals surface area (Å²) in [6.07, 6.45) is 1.31. The maximum atomic E-state index is 13.3. The fourth-order valence-corrected chi connectivity index (χ4v) is 5.71. The van der Waals surface area contributed by atoms with Crippen molar-refractivity contribution in [1.29, 1.82) is 0 Å². The van der Waals surface area contributed by atoms with E-state index in [1.165, 1.54) is 23.9 Å². The van der Waals surface area contributed by atoms with Gasteiger partial charge in [0.1, 0.15) is 11.6 Å². The standard InChI is InChI=1S/C16H20FN3O2S2/c1-11(13-4-3-5-14(17)9-13)23-16-19-18-15(20(16)2)8-12-6-7-24(21,22)10-12/h3-5,9,11-12H,6-8,10H2,1-2H3/t11-,12+/m0/s1. The lowest BCUT2D eigenvalue weighted by Gasteiger charge is -2.12. The van der Waals surface area contributed by atoms with Crippen molar-refractivity contribution in [1.82, 2.24) is 14.8 Å². The minimum Gasteiger partial charge on any atom is -0.309 e. The molecule has 0 amide bonds. The van der Waals surface area contributed by atoms with Gasteiger partial charge in [0, 0.05) is 18.7 Å². The quantitative estimate of drug-likeness (QED) is 0.758. The van der Waals surface area contributed by atoms with Gasteiger partial charge in [0.15, 0.2) is 15.0 Å². The smallest absolute Gasteiger partial charge is 0.191 e. The summed E-state index contributed by atoms with van der Waals surface area (Å²) >= 11 is 1.51. The molecule has 0 spiro atoms. The fourth-order valence-electron chi connectivity index (χ4n) is 2.90. The summed E-state index contributed by atoms with van der Waals surface area (Å²) in [5.41, 5.74) is 0.895.